The van der Waals surface area contributed by atoms with Gasteiger partial charge in [-0.15, -0.1) is 0 Å². The Hall–Kier alpha value is -2.63. The average Bonchev–Trinajstić information content (AvgIpc) is 2.63. The first-order valence-corrected chi connectivity index (χ1v) is 5.08. The van der Waals surface area contributed by atoms with E-state index in [1.165, 1.54) is 6.33 Å². The normalized spacial score (nSPS) is 14.5. The van der Waals surface area contributed by atoms with Gasteiger partial charge in [0.1, 0.15) is 0 Å². The smallest absolute Gasteiger partial charge is 0.299 e. The Bertz CT molecular complexity index is 704. The molecule has 0 radical (unpaired) electrons. The number of fused-ring (bicyclic) bond motifs is 1. The van der Waals surface area contributed by atoms with Crippen LogP contribution in [-0.4, -0.2) is 19.9 Å². The van der Waals surface area contributed by atoms with Crippen LogP contribution < -0.4 is 10.9 Å². The van der Waals surface area contributed by atoms with Gasteiger partial charge in [0.25, 0.3) is 5.56 Å². The quantitative estimate of drug-likeness (QED) is 0.668. The number of hydrogen-bond donors (Lipinski definition) is 3. The Morgan fingerprint density at radius 1 is 1.18 bits per heavy atom. The fourth-order valence-electron chi connectivity index (χ4n) is 1.58. The van der Waals surface area contributed by atoms with Gasteiger partial charge in [0.2, 0.25) is 0 Å². The number of H-pyrrole nitrogens is 2. The minimum absolute atomic E-state index is 0.328. The Balaban J connectivity index is 2.17. The summed E-state index contributed by atoms with van der Waals surface area (Å²) in [4.78, 5) is 25.4. The first kappa shape index (κ1) is 9.59. The number of rotatable bonds is 1. The first-order chi connectivity index (χ1) is 8.34. The zero-order valence-corrected chi connectivity index (χ0v) is 8.77. The molecule has 2 aromatic rings. The third-order valence-electron chi connectivity index (χ3n) is 2.38. The van der Waals surface area contributed by atoms with Crippen LogP contribution in [0.25, 0.3) is 16.9 Å². The molecule has 0 saturated heterocycles. The second-order valence-electron chi connectivity index (χ2n) is 3.49. The van der Waals surface area contributed by atoms with E-state index in [0.29, 0.717) is 17.0 Å². The van der Waals surface area contributed by atoms with Crippen molar-refractivity contribution in [1.29, 1.82) is 0 Å². The highest BCUT2D eigenvalue weighted by molar-refractivity contribution is 5.71. The summed E-state index contributed by atoms with van der Waals surface area (Å²) in [6, 6.07) is 0. The Morgan fingerprint density at radius 3 is 3.06 bits per heavy atom. The van der Waals surface area contributed by atoms with Gasteiger partial charge in [0, 0.05) is 6.20 Å². The number of nitrogens with zero attached hydrogens (tertiary/aromatic N) is 2. The monoisotopic (exact) mass is 227 g/mol. The van der Waals surface area contributed by atoms with Crippen molar-refractivity contribution >= 4 is 16.9 Å². The molecular formula is C11H9N5O. The molecule has 0 aliphatic carbocycles. The molecule has 0 atom stereocenters. The van der Waals surface area contributed by atoms with E-state index < -0.39 is 0 Å². The second-order valence-corrected chi connectivity index (χ2v) is 3.49. The lowest BCUT2D eigenvalue weighted by Crippen LogP contribution is -2.15. The number of aromatic amines is 2. The molecule has 84 valence electrons. The van der Waals surface area contributed by atoms with Crippen molar-refractivity contribution in [2.45, 2.75) is 0 Å². The van der Waals surface area contributed by atoms with Gasteiger partial charge in [0.15, 0.2) is 17.0 Å². The summed E-state index contributed by atoms with van der Waals surface area (Å²) in [6.07, 6.45) is 10.7. The molecule has 0 saturated carbocycles. The van der Waals surface area contributed by atoms with E-state index in [0.717, 1.165) is 5.70 Å². The van der Waals surface area contributed by atoms with Crippen molar-refractivity contribution in [3.05, 3.63) is 53.0 Å². The lowest BCUT2D eigenvalue weighted by atomic mass is 10.3. The Labute approximate surface area is 95.8 Å². The van der Waals surface area contributed by atoms with E-state index in [9.17, 15) is 4.79 Å². The summed E-state index contributed by atoms with van der Waals surface area (Å²) in [7, 11) is 0. The Morgan fingerprint density at radius 2 is 2.12 bits per heavy atom. The molecule has 1 aliphatic heterocycles. The Kier molecular flexibility index (Phi) is 2.11. The molecule has 3 heterocycles. The highest BCUT2D eigenvalue weighted by Crippen LogP contribution is 2.09. The summed E-state index contributed by atoms with van der Waals surface area (Å²) < 4.78 is 0. The number of nitrogens with one attached hydrogen (secondary N) is 3. The summed E-state index contributed by atoms with van der Waals surface area (Å²) in [5.41, 5.74) is 1.28. The molecule has 0 spiro atoms. The van der Waals surface area contributed by atoms with Gasteiger partial charge in [-0.25, -0.2) is 4.98 Å². The van der Waals surface area contributed by atoms with Crippen molar-refractivity contribution < 1.29 is 0 Å². The molecule has 3 N–H and O–H groups in total. The number of allylic oxidation sites excluding steroid dienone is 4. The second kappa shape index (κ2) is 3.75. The summed E-state index contributed by atoms with van der Waals surface area (Å²) in [6.45, 7) is 0. The van der Waals surface area contributed by atoms with E-state index in [1.807, 2.05) is 24.3 Å². The minimum atomic E-state index is -0.328. The maximum Gasteiger partial charge on any atom is 0.299 e. The van der Waals surface area contributed by atoms with E-state index >= 15 is 0 Å². The van der Waals surface area contributed by atoms with Crippen LogP contribution in [0.5, 0.6) is 0 Å². The van der Waals surface area contributed by atoms with Crippen molar-refractivity contribution in [1.82, 2.24) is 25.3 Å². The molecule has 0 amide bonds. The molecule has 2 aromatic heterocycles. The van der Waals surface area contributed by atoms with E-state index in [1.54, 1.807) is 6.20 Å². The molecule has 6 nitrogen and oxygen atoms in total. The zero-order chi connectivity index (χ0) is 11.7. The lowest BCUT2D eigenvalue weighted by Gasteiger charge is -2.04. The number of imidazole rings is 1. The van der Waals surface area contributed by atoms with Crippen LogP contribution in [0, 0.1) is 0 Å². The molecule has 6 heteroatoms. The van der Waals surface area contributed by atoms with Gasteiger partial charge in [0.05, 0.1) is 12.0 Å². The molecule has 0 unspecified atom stereocenters. The van der Waals surface area contributed by atoms with E-state index in [2.05, 4.69) is 25.3 Å². The maximum absolute atomic E-state index is 11.7. The predicted molar refractivity (Wildman–Crippen MR) is 63.9 cm³/mol. The summed E-state index contributed by atoms with van der Waals surface area (Å²) >= 11 is 0. The van der Waals surface area contributed by atoms with Crippen LogP contribution in [-0.2, 0) is 0 Å². The average molecular weight is 227 g/mol. The van der Waals surface area contributed by atoms with E-state index in [4.69, 9.17) is 0 Å². The zero-order valence-electron chi connectivity index (χ0n) is 8.77. The molecule has 0 fully saturated rings. The lowest BCUT2D eigenvalue weighted by molar-refractivity contribution is 1.06. The molecule has 0 aromatic carbocycles. The highest BCUT2D eigenvalue weighted by atomic mass is 16.1. The summed E-state index contributed by atoms with van der Waals surface area (Å²) in [5.74, 6) is 0.464. The van der Waals surface area contributed by atoms with Gasteiger partial charge >= 0.3 is 0 Å². The summed E-state index contributed by atoms with van der Waals surface area (Å²) in [5, 5.41) is 3.03. The van der Waals surface area contributed by atoms with Crippen LogP contribution in [0.3, 0.4) is 0 Å². The predicted octanol–water partition coefficient (Wildman–Crippen LogP) is 0.660. The molecule has 0 bridgehead atoms. The molecular weight excluding hydrogens is 218 g/mol. The van der Waals surface area contributed by atoms with Gasteiger partial charge in [-0.1, -0.05) is 12.2 Å². The van der Waals surface area contributed by atoms with Crippen molar-refractivity contribution in [3.63, 3.8) is 0 Å². The van der Waals surface area contributed by atoms with Gasteiger partial charge in [-0.3, -0.25) is 4.79 Å². The fourth-order valence-corrected chi connectivity index (χ4v) is 1.58. The molecule has 1 aliphatic rings. The van der Waals surface area contributed by atoms with E-state index in [-0.39, 0.29) is 5.56 Å². The topological polar surface area (TPSA) is 86.5 Å². The number of aromatic nitrogens is 4. The standard InChI is InChI=1S/C11H9N5O/c17-11-8-10(14-6-13-8)15-9(16-11)7-4-2-1-3-5-12-7/h1-6,12H,(H2,13,14,15,16,17). The third kappa shape index (κ3) is 1.65. The highest BCUT2D eigenvalue weighted by Gasteiger charge is 2.08. The minimum Gasteiger partial charge on any atom is -0.359 e. The van der Waals surface area contributed by atoms with Gasteiger partial charge in [-0.2, -0.15) is 4.98 Å². The van der Waals surface area contributed by atoms with Crippen LogP contribution >= 0.6 is 0 Å². The van der Waals surface area contributed by atoms with Gasteiger partial charge in [-0.05, 0) is 12.2 Å². The van der Waals surface area contributed by atoms with Crippen LogP contribution in [0.2, 0.25) is 0 Å². The van der Waals surface area contributed by atoms with Crippen LogP contribution in [0.15, 0.2) is 41.6 Å². The molecule has 17 heavy (non-hydrogen) atoms. The maximum atomic E-state index is 11.7. The third-order valence-corrected chi connectivity index (χ3v) is 2.38. The fraction of sp³-hybridized carbons (Fsp3) is 0. The van der Waals surface area contributed by atoms with Crippen molar-refractivity contribution in [2.24, 2.45) is 0 Å². The van der Waals surface area contributed by atoms with Crippen LogP contribution in [0.1, 0.15) is 5.82 Å². The SMILES string of the molecule is O=c1nc(C2=CC=CC=CN2)[nH]c2nc[nH]c12. The van der Waals surface area contributed by atoms with Crippen molar-refractivity contribution in [2.75, 3.05) is 0 Å². The van der Waals surface area contributed by atoms with Gasteiger partial charge < -0.3 is 15.3 Å². The van der Waals surface area contributed by atoms with Crippen LogP contribution in [0.4, 0.5) is 0 Å². The largest absolute Gasteiger partial charge is 0.359 e. The number of hydrogen-bond acceptors (Lipinski definition) is 4. The van der Waals surface area contributed by atoms with Crippen molar-refractivity contribution in [3.8, 4) is 0 Å². The first-order valence-electron chi connectivity index (χ1n) is 5.08. The molecule has 3 rings (SSSR count).